The summed E-state index contributed by atoms with van der Waals surface area (Å²) in [6.07, 6.45) is 6.91. The zero-order chi connectivity index (χ0) is 24.0. The molecule has 0 heterocycles. The van der Waals surface area contributed by atoms with Crippen molar-refractivity contribution in [2.45, 2.75) is 98.1 Å². The standard InChI is InChI=1S/C31H45NO/c1-7-9-11-17-32(18-12-10-8-2)24(6)31(33)27-19-23(5)28-15-14-26-20-25(22(3)4)13-16-29(26)30(28)21-27/h13-16,19-22,24,31,33H,7-12,17-18H2,1-6H3. The fourth-order valence-corrected chi connectivity index (χ4v) is 5.06. The van der Waals surface area contributed by atoms with Gasteiger partial charge in [-0.2, -0.15) is 0 Å². The van der Waals surface area contributed by atoms with Crippen molar-refractivity contribution >= 4 is 21.5 Å². The zero-order valence-electron chi connectivity index (χ0n) is 21.8. The third kappa shape index (κ3) is 6.16. The minimum absolute atomic E-state index is 0.109. The zero-order valence-corrected chi connectivity index (χ0v) is 21.8. The quantitative estimate of drug-likeness (QED) is 0.222. The van der Waals surface area contributed by atoms with Gasteiger partial charge in [-0.05, 0) is 90.0 Å². The third-order valence-electron chi connectivity index (χ3n) is 7.34. The van der Waals surface area contributed by atoms with Crippen LogP contribution >= 0.6 is 0 Å². The number of aliphatic hydroxyl groups is 1. The molecular weight excluding hydrogens is 402 g/mol. The summed E-state index contributed by atoms with van der Waals surface area (Å²) in [7, 11) is 0. The second-order valence-electron chi connectivity index (χ2n) is 10.3. The van der Waals surface area contributed by atoms with Crippen LogP contribution in [0.3, 0.4) is 0 Å². The molecule has 1 N–H and O–H groups in total. The number of aryl methyl sites for hydroxylation is 1. The Kier molecular flexibility index (Phi) is 9.35. The fourth-order valence-electron chi connectivity index (χ4n) is 5.06. The maximum absolute atomic E-state index is 11.5. The lowest BCUT2D eigenvalue weighted by Crippen LogP contribution is -2.39. The molecule has 3 aromatic carbocycles. The number of hydrogen-bond donors (Lipinski definition) is 1. The van der Waals surface area contributed by atoms with Crippen molar-refractivity contribution < 1.29 is 5.11 Å². The lowest BCUT2D eigenvalue weighted by atomic mass is 9.91. The van der Waals surface area contributed by atoms with E-state index in [1.165, 1.54) is 71.2 Å². The summed E-state index contributed by atoms with van der Waals surface area (Å²) in [5.74, 6) is 0.521. The first-order valence-corrected chi connectivity index (χ1v) is 13.3. The Hall–Kier alpha value is -1.90. The van der Waals surface area contributed by atoms with Crippen LogP contribution in [-0.4, -0.2) is 29.1 Å². The second-order valence-corrected chi connectivity index (χ2v) is 10.3. The molecule has 0 spiro atoms. The van der Waals surface area contributed by atoms with Gasteiger partial charge in [0, 0.05) is 6.04 Å². The van der Waals surface area contributed by atoms with Crippen LogP contribution in [0.2, 0.25) is 0 Å². The third-order valence-corrected chi connectivity index (χ3v) is 7.34. The monoisotopic (exact) mass is 447 g/mol. The highest BCUT2D eigenvalue weighted by molar-refractivity contribution is 6.08. The molecule has 33 heavy (non-hydrogen) atoms. The minimum Gasteiger partial charge on any atom is -0.387 e. The average molecular weight is 448 g/mol. The van der Waals surface area contributed by atoms with Crippen molar-refractivity contribution in [1.82, 2.24) is 4.90 Å². The van der Waals surface area contributed by atoms with E-state index >= 15 is 0 Å². The molecular formula is C31H45NO. The fraction of sp³-hybridized carbons (Fsp3) is 0.548. The summed E-state index contributed by atoms with van der Waals surface area (Å²) in [5, 5.41) is 16.6. The van der Waals surface area contributed by atoms with Gasteiger partial charge in [0.2, 0.25) is 0 Å². The highest BCUT2D eigenvalue weighted by Crippen LogP contribution is 2.33. The van der Waals surface area contributed by atoms with Crippen molar-refractivity contribution in [3.8, 4) is 0 Å². The van der Waals surface area contributed by atoms with Gasteiger partial charge in [0.15, 0.2) is 0 Å². The van der Waals surface area contributed by atoms with Crippen molar-refractivity contribution in [3.05, 3.63) is 59.2 Å². The first kappa shape index (κ1) is 25.7. The Bertz CT molecular complexity index is 1030. The molecule has 0 aliphatic carbocycles. The van der Waals surface area contributed by atoms with Crippen LogP contribution in [0.4, 0.5) is 0 Å². The molecule has 0 bridgehead atoms. The molecule has 2 heteroatoms. The minimum atomic E-state index is -0.485. The highest BCUT2D eigenvalue weighted by Gasteiger charge is 2.23. The van der Waals surface area contributed by atoms with Crippen LogP contribution in [0.1, 0.15) is 102 Å². The van der Waals surface area contributed by atoms with Crippen LogP contribution in [0.15, 0.2) is 42.5 Å². The van der Waals surface area contributed by atoms with Crippen molar-refractivity contribution in [3.63, 3.8) is 0 Å². The molecule has 2 unspecified atom stereocenters. The van der Waals surface area contributed by atoms with Gasteiger partial charge < -0.3 is 5.11 Å². The normalized spacial score (nSPS) is 14.0. The largest absolute Gasteiger partial charge is 0.387 e. The number of hydrogen-bond acceptors (Lipinski definition) is 2. The van der Waals surface area contributed by atoms with Gasteiger partial charge in [0.25, 0.3) is 0 Å². The summed E-state index contributed by atoms with van der Waals surface area (Å²) in [5.41, 5.74) is 3.66. The van der Waals surface area contributed by atoms with Crippen LogP contribution in [0, 0.1) is 6.92 Å². The van der Waals surface area contributed by atoms with E-state index in [0.29, 0.717) is 5.92 Å². The van der Waals surface area contributed by atoms with Gasteiger partial charge in [0.1, 0.15) is 0 Å². The van der Waals surface area contributed by atoms with E-state index in [-0.39, 0.29) is 6.04 Å². The van der Waals surface area contributed by atoms with E-state index in [2.05, 4.69) is 88.9 Å². The Balaban J connectivity index is 1.95. The van der Waals surface area contributed by atoms with E-state index in [1.54, 1.807) is 0 Å². The maximum atomic E-state index is 11.5. The Labute approximate surface area is 202 Å². The average Bonchev–Trinajstić information content (AvgIpc) is 2.81. The molecule has 3 rings (SSSR count). The highest BCUT2D eigenvalue weighted by atomic mass is 16.3. The van der Waals surface area contributed by atoms with Crippen molar-refractivity contribution in [1.29, 1.82) is 0 Å². The van der Waals surface area contributed by atoms with E-state index in [1.807, 2.05) is 0 Å². The Morgan fingerprint density at radius 3 is 1.97 bits per heavy atom. The van der Waals surface area contributed by atoms with Crippen molar-refractivity contribution in [2.24, 2.45) is 0 Å². The van der Waals surface area contributed by atoms with Gasteiger partial charge >= 0.3 is 0 Å². The van der Waals surface area contributed by atoms with Gasteiger partial charge in [-0.1, -0.05) is 89.8 Å². The summed E-state index contributed by atoms with van der Waals surface area (Å²) < 4.78 is 0. The van der Waals surface area contributed by atoms with Crippen molar-refractivity contribution in [2.75, 3.05) is 13.1 Å². The number of fused-ring (bicyclic) bond motifs is 3. The van der Waals surface area contributed by atoms with Gasteiger partial charge in [0.05, 0.1) is 6.10 Å². The molecule has 0 saturated heterocycles. The van der Waals surface area contributed by atoms with E-state index in [0.717, 1.165) is 18.7 Å². The number of nitrogens with zero attached hydrogens (tertiary/aromatic N) is 1. The smallest absolute Gasteiger partial charge is 0.0942 e. The number of aliphatic hydroxyl groups excluding tert-OH is 1. The summed E-state index contributed by atoms with van der Waals surface area (Å²) >= 11 is 0. The first-order chi connectivity index (χ1) is 15.9. The molecule has 0 aliphatic rings. The molecule has 0 radical (unpaired) electrons. The van der Waals surface area contributed by atoms with E-state index in [9.17, 15) is 5.11 Å². The van der Waals surface area contributed by atoms with Crippen LogP contribution in [0.5, 0.6) is 0 Å². The van der Waals surface area contributed by atoms with Crippen LogP contribution in [-0.2, 0) is 0 Å². The predicted octanol–water partition coefficient (Wildman–Crippen LogP) is 8.53. The summed E-state index contributed by atoms with van der Waals surface area (Å²) in [6.45, 7) is 15.5. The molecule has 180 valence electrons. The molecule has 0 saturated carbocycles. The first-order valence-electron chi connectivity index (χ1n) is 13.3. The van der Waals surface area contributed by atoms with Gasteiger partial charge in [-0.25, -0.2) is 0 Å². The summed E-state index contributed by atoms with van der Waals surface area (Å²) in [4.78, 5) is 2.52. The molecule has 0 amide bonds. The molecule has 3 aromatic rings. The lowest BCUT2D eigenvalue weighted by molar-refractivity contribution is 0.0556. The van der Waals surface area contributed by atoms with Crippen LogP contribution < -0.4 is 0 Å². The van der Waals surface area contributed by atoms with Gasteiger partial charge in [-0.3, -0.25) is 4.90 Å². The summed E-state index contributed by atoms with van der Waals surface area (Å²) in [6, 6.07) is 15.9. The van der Waals surface area contributed by atoms with Gasteiger partial charge in [-0.15, -0.1) is 0 Å². The van der Waals surface area contributed by atoms with Crippen LogP contribution in [0.25, 0.3) is 21.5 Å². The predicted molar refractivity (Wildman–Crippen MR) is 145 cm³/mol. The van der Waals surface area contributed by atoms with E-state index < -0.39 is 6.10 Å². The topological polar surface area (TPSA) is 23.5 Å². The Morgan fingerprint density at radius 1 is 0.727 bits per heavy atom. The Morgan fingerprint density at radius 2 is 1.36 bits per heavy atom. The lowest BCUT2D eigenvalue weighted by Gasteiger charge is -2.33. The number of rotatable bonds is 12. The number of unbranched alkanes of at least 4 members (excludes halogenated alkanes) is 4. The maximum Gasteiger partial charge on any atom is 0.0942 e. The number of benzene rings is 3. The molecule has 0 aromatic heterocycles. The SMILES string of the molecule is CCCCCN(CCCCC)C(C)C(O)c1cc(C)c2ccc3cc(C(C)C)ccc3c2c1. The molecule has 0 aliphatic heterocycles. The van der Waals surface area contributed by atoms with E-state index in [4.69, 9.17) is 0 Å². The molecule has 0 fully saturated rings. The second kappa shape index (κ2) is 12.0. The molecule has 2 atom stereocenters. The molecule has 2 nitrogen and oxygen atoms in total.